The second-order valence-corrected chi connectivity index (χ2v) is 7.44. The van der Waals surface area contributed by atoms with Gasteiger partial charge in [-0.3, -0.25) is 9.59 Å². The minimum atomic E-state index is -0.181. The molecule has 0 aliphatic carbocycles. The Bertz CT molecular complexity index is 1040. The summed E-state index contributed by atoms with van der Waals surface area (Å²) in [5.74, 6) is -0.246. The monoisotopic (exact) mass is 384 g/mol. The summed E-state index contributed by atoms with van der Waals surface area (Å²) in [7, 11) is 0. The van der Waals surface area contributed by atoms with Crippen LogP contribution in [0.25, 0.3) is 0 Å². The van der Waals surface area contributed by atoms with Crippen LogP contribution in [0.2, 0.25) is 0 Å². The van der Waals surface area contributed by atoms with E-state index in [1.165, 1.54) is 11.1 Å². The molecule has 0 saturated carbocycles. The molecule has 146 valence electrons. The molecule has 1 heterocycles. The fraction of sp³-hybridized carbons (Fsp3) is 0.200. The highest BCUT2D eigenvalue weighted by Gasteiger charge is 2.23. The van der Waals surface area contributed by atoms with E-state index in [0.717, 1.165) is 24.1 Å². The Balaban J connectivity index is 1.49. The molecular weight excluding hydrogens is 360 g/mol. The summed E-state index contributed by atoms with van der Waals surface area (Å²) in [6.45, 7) is 3.18. The number of nitrogens with zero attached hydrogens (tertiary/aromatic N) is 1. The first-order valence-corrected chi connectivity index (χ1v) is 9.95. The van der Waals surface area contributed by atoms with Crippen molar-refractivity contribution in [1.82, 2.24) is 5.32 Å². The van der Waals surface area contributed by atoms with E-state index in [9.17, 15) is 9.59 Å². The molecule has 4 heteroatoms. The summed E-state index contributed by atoms with van der Waals surface area (Å²) < 4.78 is 0. The zero-order chi connectivity index (χ0) is 20.2. The van der Waals surface area contributed by atoms with Gasteiger partial charge in [0.15, 0.2) is 0 Å². The SMILES string of the molecule is Cc1ccc(CNC(=O)c2cccc(C(=O)N3CCCc4ccccc43)c2)cc1. The second-order valence-electron chi connectivity index (χ2n) is 7.44. The van der Waals surface area contributed by atoms with E-state index in [-0.39, 0.29) is 11.8 Å². The van der Waals surface area contributed by atoms with E-state index in [0.29, 0.717) is 24.2 Å². The maximum Gasteiger partial charge on any atom is 0.258 e. The van der Waals surface area contributed by atoms with Gasteiger partial charge in [0.2, 0.25) is 0 Å². The second kappa shape index (κ2) is 8.31. The van der Waals surface area contributed by atoms with Crippen LogP contribution in [-0.4, -0.2) is 18.4 Å². The molecule has 1 aliphatic rings. The van der Waals surface area contributed by atoms with Gasteiger partial charge < -0.3 is 10.2 Å². The number of carbonyl (C=O) groups excluding carboxylic acids is 2. The van der Waals surface area contributed by atoms with E-state index in [1.807, 2.05) is 54.3 Å². The number of hydrogen-bond acceptors (Lipinski definition) is 2. The lowest BCUT2D eigenvalue weighted by Crippen LogP contribution is -2.35. The molecule has 4 rings (SSSR count). The van der Waals surface area contributed by atoms with Crippen LogP contribution in [0.15, 0.2) is 72.8 Å². The van der Waals surface area contributed by atoms with Crippen LogP contribution in [0.1, 0.15) is 43.8 Å². The van der Waals surface area contributed by atoms with E-state index in [4.69, 9.17) is 0 Å². The number of amides is 2. The molecule has 29 heavy (non-hydrogen) atoms. The lowest BCUT2D eigenvalue weighted by molar-refractivity contribution is 0.0951. The first-order chi connectivity index (χ1) is 14.1. The predicted molar refractivity (Wildman–Crippen MR) is 115 cm³/mol. The molecule has 0 bridgehead atoms. The third-order valence-electron chi connectivity index (χ3n) is 5.30. The highest BCUT2D eigenvalue weighted by molar-refractivity contribution is 6.08. The van der Waals surface area contributed by atoms with Crippen LogP contribution >= 0.6 is 0 Å². The molecule has 0 atom stereocenters. The Kier molecular flexibility index (Phi) is 5.43. The van der Waals surface area contributed by atoms with Crippen molar-refractivity contribution in [2.75, 3.05) is 11.4 Å². The number of carbonyl (C=O) groups is 2. The molecule has 1 aliphatic heterocycles. The number of fused-ring (bicyclic) bond motifs is 1. The largest absolute Gasteiger partial charge is 0.348 e. The highest BCUT2D eigenvalue weighted by atomic mass is 16.2. The Morgan fingerprint density at radius 1 is 0.931 bits per heavy atom. The van der Waals surface area contributed by atoms with Crippen LogP contribution in [0.3, 0.4) is 0 Å². The normalized spacial score (nSPS) is 12.9. The van der Waals surface area contributed by atoms with Crippen molar-refractivity contribution in [2.24, 2.45) is 0 Å². The fourth-order valence-electron chi connectivity index (χ4n) is 3.68. The number of benzene rings is 3. The predicted octanol–water partition coefficient (Wildman–Crippen LogP) is 4.52. The van der Waals surface area contributed by atoms with Crippen molar-refractivity contribution in [3.05, 3.63) is 101 Å². The van der Waals surface area contributed by atoms with E-state index in [2.05, 4.69) is 11.4 Å². The minimum absolute atomic E-state index is 0.0645. The van der Waals surface area contributed by atoms with Gasteiger partial charge in [-0.2, -0.15) is 0 Å². The average molecular weight is 384 g/mol. The Labute approximate surface area is 171 Å². The molecular formula is C25H24N2O2. The maximum atomic E-state index is 13.1. The molecule has 1 N–H and O–H groups in total. The number of nitrogens with one attached hydrogen (secondary N) is 1. The van der Waals surface area contributed by atoms with Gasteiger partial charge in [0.05, 0.1) is 0 Å². The first-order valence-electron chi connectivity index (χ1n) is 9.95. The quantitative estimate of drug-likeness (QED) is 0.719. The first kappa shape index (κ1) is 18.9. The molecule has 0 spiro atoms. The minimum Gasteiger partial charge on any atom is -0.348 e. The third kappa shape index (κ3) is 4.21. The lowest BCUT2D eigenvalue weighted by Gasteiger charge is -2.29. The molecule has 0 saturated heterocycles. The van der Waals surface area contributed by atoms with E-state index in [1.54, 1.807) is 24.3 Å². The number of hydrogen-bond donors (Lipinski definition) is 1. The van der Waals surface area contributed by atoms with Gasteiger partial charge in [-0.25, -0.2) is 0 Å². The lowest BCUT2D eigenvalue weighted by atomic mass is 10.0. The molecule has 2 amide bonds. The number of para-hydroxylation sites is 1. The van der Waals surface area contributed by atoms with Crippen molar-refractivity contribution >= 4 is 17.5 Å². The number of anilines is 1. The van der Waals surface area contributed by atoms with Gasteiger partial charge in [-0.15, -0.1) is 0 Å². The van der Waals surface area contributed by atoms with Crippen LogP contribution in [0.4, 0.5) is 5.69 Å². The number of aryl methyl sites for hydroxylation is 2. The van der Waals surface area contributed by atoms with Crippen LogP contribution < -0.4 is 10.2 Å². The van der Waals surface area contributed by atoms with Crippen molar-refractivity contribution in [3.63, 3.8) is 0 Å². The van der Waals surface area contributed by atoms with Crippen LogP contribution in [0.5, 0.6) is 0 Å². The van der Waals surface area contributed by atoms with Gasteiger partial charge in [-0.05, 0) is 55.2 Å². The summed E-state index contributed by atoms with van der Waals surface area (Å²) >= 11 is 0. The summed E-state index contributed by atoms with van der Waals surface area (Å²) in [6, 6.07) is 23.1. The zero-order valence-corrected chi connectivity index (χ0v) is 16.5. The molecule has 4 nitrogen and oxygen atoms in total. The van der Waals surface area contributed by atoms with Gasteiger partial charge in [0.25, 0.3) is 11.8 Å². The van der Waals surface area contributed by atoms with Crippen molar-refractivity contribution in [3.8, 4) is 0 Å². The summed E-state index contributed by atoms with van der Waals surface area (Å²) in [6.07, 6.45) is 1.93. The Morgan fingerprint density at radius 2 is 1.69 bits per heavy atom. The van der Waals surface area contributed by atoms with Gasteiger partial charge in [-0.1, -0.05) is 54.1 Å². The third-order valence-corrected chi connectivity index (χ3v) is 5.30. The van der Waals surface area contributed by atoms with Crippen LogP contribution in [0, 0.1) is 6.92 Å². The number of rotatable bonds is 4. The van der Waals surface area contributed by atoms with Gasteiger partial charge in [0, 0.05) is 29.9 Å². The molecule has 0 fully saturated rings. The van der Waals surface area contributed by atoms with Gasteiger partial charge in [0.1, 0.15) is 0 Å². The molecule has 3 aromatic rings. The molecule has 0 radical (unpaired) electrons. The maximum absolute atomic E-state index is 13.1. The molecule has 3 aromatic carbocycles. The van der Waals surface area contributed by atoms with Crippen molar-refractivity contribution < 1.29 is 9.59 Å². The smallest absolute Gasteiger partial charge is 0.258 e. The molecule has 0 aromatic heterocycles. The standard InChI is InChI=1S/C25H24N2O2/c1-18-11-13-19(14-12-18)17-26-24(28)21-7-4-8-22(16-21)25(29)27-15-5-9-20-6-2-3-10-23(20)27/h2-4,6-8,10-14,16H,5,9,15,17H2,1H3,(H,26,28). The zero-order valence-electron chi connectivity index (χ0n) is 16.5. The summed E-state index contributed by atoms with van der Waals surface area (Å²) in [5.41, 5.74) is 5.42. The highest BCUT2D eigenvalue weighted by Crippen LogP contribution is 2.28. The van der Waals surface area contributed by atoms with E-state index >= 15 is 0 Å². The van der Waals surface area contributed by atoms with Crippen molar-refractivity contribution in [1.29, 1.82) is 0 Å². The summed E-state index contributed by atoms with van der Waals surface area (Å²) in [5, 5.41) is 2.93. The Hall–Kier alpha value is -3.40. The van der Waals surface area contributed by atoms with E-state index < -0.39 is 0 Å². The fourth-order valence-corrected chi connectivity index (χ4v) is 3.68. The van der Waals surface area contributed by atoms with Gasteiger partial charge >= 0.3 is 0 Å². The topological polar surface area (TPSA) is 49.4 Å². The average Bonchev–Trinajstić information content (AvgIpc) is 2.77. The summed E-state index contributed by atoms with van der Waals surface area (Å²) in [4.78, 5) is 27.6. The van der Waals surface area contributed by atoms with Crippen molar-refractivity contribution in [2.45, 2.75) is 26.3 Å². The molecule has 0 unspecified atom stereocenters. The Morgan fingerprint density at radius 3 is 2.52 bits per heavy atom. The van der Waals surface area contributed by atoms with Crippen LogP contribution in [-0.2, 0) is 13.0 Å².